The van der Waals surface area contributed by atoms with E-state index in [1.165, 1.54) is 86.2 Å². The highest BCUT2D eigenvalue weighted by atomic mass is 32.1. The van der Waals surface area contributed by atoms with E-state index in [2.05, 4.69) is 229 Å². The van der Waals surface area contributed by atoms with Crippen LogP contribution in [0.2, 0.25) is 0 Å². The fraction of sp³-hybridized carbons (Fsp3) is 0.0175. The number of hydrogen-bond acceptors (Lipinski definition) is 2. The van der Waals surface area contributed by atoms with Crippen molar-refractivity contribution in [1.29, 1.82) is 0 Å². The molecular formula is C57H37NS. The monoisotopic (exact) mass is 767 g/mol. The van der Waals surface area contributed by atoms with Gasteiger partial charge in [0.1, 0.15) is 0 Å². The Morgan fingerprint density at radius 2 is 0.983 bits per heavy atom. The molecule has 0 aliphatic heterocycles. The molecule has 0 saturated heterocycles. The summed E-state index contributed by atoms with van der Waals surface area (Å²) in [5.74, 6) is 0. The van der Waals surface area contributed by atoms with Crippen molar-refractivity contribution >= 4 is 70.1 Å². The zero-order valence-corrected chi connectivity index (χ0v) is 33.0. The van der Waals surface area contributed by atoms with Crippen molar-refractivity contribution in [2.45, 2.75) is 5.41 Å². The zero-order valence-electron chi connectivity index (χ0n) is 32.2. The Hall–Kier alpha value is -7.26. The van der Waals surface area contributed by atoms with Gasteiger partial charge in [-0.1, -0.05) is 188 Å². The summed E-state index contributed by atoms with van der Waals surface area (Å²) in [4.78, 5) is 2.50. The first kappa shape index (κ1) is 33.8. The molecule has 0 fully saturated rings. The number of rotatable bonds is 6. The number of thiophene rings is 1. The number of benzene rings is 10. The Morgan fingerprint density at radius 3 is 1.76 bits per heavy atom. The molecule has 2 heteroatoms. The first-order valence-electron chi connectivity index (χ1n) is 20.3. The quantitative estimate of drug-likeness (QED) is 0.152. The zero-order chi connectivity index (χ0) is 38.9. The molecule has 12 rings (SSSR count). The van der Waals surface area contributed by atoms with Gasteiger partial charge in [0, 0.05) is 42.5 Å². The molecule has 0 spiro atoms. The number of anilines is 3. The average molecular weight is 768 g/mol. The first-order chi connectivity index (χ1) is 29.3. The molecule has 0 radical (unpaired) electrons. The third-order valence-corrected chi connectivity index (χ3v) is 13.7. The summed E-state index contributed by atoms with van der Waals surface area (Å²) in [5.41, 5.74) is 12.9. The minimum atomic E-state index is -0.500. The molecular weight excluding hydrogens is 731 g/mol. The fourth-order valence-electron chi connectivity index (χ4n) is 9.97. The minimum Gasteiger partial charge on any atom is -0.310 e. The number of hydrogen-bond donors (Lipinski definition) is 0. The molecule has 10 aromatic carbocycles. The van der Waals surface area contributed by atoms with E-state index in [0.29, 0.717) is 0 Å². The predicted molar refractivity (Wildman–Crippen MR) is 252 cm³/mol. The van der Waals surface area contributed by atoms with Gasteiger partial charge in [0.25, 0.3) is 0 Å². The van der Waals surface area contributed by atoms with Crippen LogP contribution in [-0.2, 0) is 5.41 Å². The van der Waals surface area contributed by atoms with Crippen molar-refractivity contribution < 1.29 is 0 Å². The van der Waals surface area contributed by atoms with Gasteiger partial charge in [-0.05, 0) is 91.5 Å². The van der Waals surface area contributed by atoms with Crippen molar-refractivity contribution in [1.82, 2.24) is 0 Å². The van der Waals surface area contributed by atoms with E-state index >= 15 is 0 Å². The lowest BCUT2D eigenvalue weighted by atomic mass is 9.68. The topological polar surface area (TPSA) is 3.24 Å². The van der Waals surface area contributed by atoms with E-state index in [1.807, 2.05) is 11.3 Å². The molecule has 276 valence electrons. The van der Waals surface area contributed by atoms with E-state index in [-0.39, 0.29) is 0 Å². The molecule has 0 amide bonds. The molecule has 1 aliphatic carbocycles. The van der Waals surface area contributed by atoms with Gasteiger partial charge in [-0.25, -0.2) is 0 Å². The summed E-state index contributed by atoms with van der Waals surface area (Å²) in [6.45, 7) is 0. The first-order valence-corrected chi connectivity index (χ1v) is 21.2. The van der Waals surface area contributed by atoms with Gasteiger partial charge in [-0.15, -0.1) is 11.3 Å². The van der Waals surface area contributed by atoms with Gasteiger partial charge in [0.05, 0.1) is 11.1 Å². The van der Waals surface area contributed by atoms with Crippen LogP contribution >= 0.6 is 11.3 Å². The Labute approximate surface area is 347 Å². The van der Waals surface area contributed by atoms with Gasteiger partial charge in [-0.2, -0.15) is 0 Å². The Morgan fingerprint density at radius 1 is 0.390 bits per heavy atom. The summed E-state index contributed by atoms with van der Waals surface area (Å²) in [5, 5.41) is 7.72. The van der Waals surface area contributed by atoms with Crippen LogP contribution in [0.15, 0.2) is 224 Å². The fourth-order valence-corrected chi connectivity index (χ4v) is 11.2. The van der Waals surface area contributed by atoms with Crippen LogP contribution in [0.4, 0.5) is 17.1 Å². The van der Waals surface area contributed by atoms with Crippen molar-refractivity contribution in [3.8, 4) is 22.3 Å². The lowest BCUT2D eigenvalue weighted by molar-refractivity contribution is 0.768. The second kappa shape index (κ2) is 13.4. The summed E-state index contributed by atoms with van der Waals surface area (Å²) < 4.78 is 2.66. The van der Waals surface area contributed by atoms with Crippen molar-refractivity contribution in [3.63, 3.8) is 0 Å². The molecule has 1 aromatic heterocycles. The van der Waals surface area contributed by atoms with Gasteiger partial charge in [0.2, 0.25) is 0 Å². The molecule has 0 atom stereocenters. The lowest BCUT2D eigenvalue weighted by Crippen LogP contribution is -2.28. The minimum absolute atomic E-state index is 0.500. The maximum absolute atomic E-state index is 2.50. The van der Waals surface area contributed by atoms with Crippen LogP contribution in [0.3, 0.4) is 0 Å². The second-order valence-corrected chi connectivity index (χ2v) is 16.6. The normalized spacial score (nSPS) is 12.9. The highest BCUT2D eigenvalue weighted by Crippen LogP contribution is 2.59. The Bertz CT molecular complexity index is 3330. The van der Waals surface area contributed by atoms with Crippen molar-refractivity contribution in [2.75, 3.05) is 4.90 Å². The lowest BCUT2D eigenvalue weighted by Gasteiger charge is -2.34. The van der Waals surface area contributed by atoms with Gasteiger partial charge in [-0.3, -0.25) is 0 Å². The summed E-state index contributed by atoms with van der Waals surface area (Å²) in [6.07, 6.45) is 0. The smallest absolute Gasteiger partial charge is 0.0714 e. The van der Waals surface area contributed by atoms with Crippen LogP contribution in [0.5, 0.6) is 0 Å². The molecule has 1 aliphatic rings. The molecule has 11 aromatic rings. The number of fused-ring (bicyclic) bond motifs is 10. The number of nitrogens with zero attached hydrogens (tertiary/aromatic N) is 1. The average Bonchev–Trinajstić information content (AvgIpc) is 3.85. The molecule has 0 bridgehead atoms. The van der Waals surface area contributed by atoms with E-state index in [0.717, 1.165) is 17.1 Å². The van der Waals surface area contributed by atoms with Crippen LogP contribution in [0.25, 0.3) is 64.0 Å². The summed E-state index contributed by atoms with van der Waals surface area (Å²) in [6, 6.07) is 83.0. The molecule has 59 heavy (non-hydrogen) atoms. The Balaban J connectivity index is 1.16. The van der Waals surface area contributed by atoms with Crippen LogP contribution < -0.4 is 4.90 Å². The largest absolute Gasteiger partial charge is 0.310 e. The van der Waals surface area contributed by atoms with Gasteiger partial charge < -0.3 is 4.90 Å². The van der Waals surface area contributed by atoms with Crippen LogP contribution in [0.1, 0.15) is 22.3 Å². The molecule has 1 heterocycles. The van der Waals surface area contributed by atoms with Gasteiger partial charge >= 0.3 is 0 Å². The van der Waals surface area contributed by atoms with E-state index < -0.39 is 5.41 Å². The molecule has 0 N–H and O–H groups in total. The molecule has 0 unspecified atom stereocenters. The van der Waals surface area contributed by atoms with E-state index in [1.54, 1.807) is 0 Å². The van der Waals surface area contributed by atoms with E-state index in [4.69, 9.17) is 0 Å². The third kappa shape index (κ3) is 5.10. The SMILES string of the molecule is c1ccc(-c2ccc(N(c3ccc4ccc5ccc6c7ccccc7sc6c5c4c3)c3cccc4c3-c3ccccc3C4(c3ccccc3)c3ccccc3)cc2)cc1. The second-order valence-electron chi connectivity index (χ2n) is 15.6. The Kier molecular flexibility index (Phi) is 7.69. The predicted octanol–water partition coefficient (Wildman–Crippen LogP) is 15.9. The highest BCUT2D eigenvalue weighted by Gasteiger charge is 2.47. The van der Waals surface area contributed by atoms with E-state index in [9.17, 15) is 0 Å². The van der Waals surface area contributed by atoms with Crippen LogP contribution in [0, 0.1) is 0 Å². The highest BCUT2D eigenvalue weighted by molar-refractivity contribution is 7.26. The van der Waals surface area contributed by atoms with Crippen molar-refractivity contribution in [2.24, 2.45) is 0 Å². The van der Waals surface area contributed by atoms with Crippen molar-refractivity contribution in [3.05, 3.63) is 247 Å². The summed E-state index contributed by atoms with van der Waals surface area (Å²) in [7, 11) is 0. The standard InChI is InChI=1S/C57H37NS/c1-4-15-38(16-5-1)39-29-33-44(34-30-39)58(45-35-31-40-27-28-41-32-36-47-46-21-11-13-26-53(46)59-56(47)54(41)49(40)37-45)52-25-14-24-51-55(52)48-22-10-12-23-50(48)57(51,42-17-6-2-7-18-42)43-19-8-3-9-20-43/h1-37H. The maximum atomic E-state index is 2.50. The molecule has 0 saturated carbocycles. The third-order valence-electron chi connectivity index (χ3n) is 12.5. The van der Waals surface area contributed by atoms with Gasteiger partial charge in [0.15, 0.2) is 0 Å². The maximum Gasteiger partial charge on any atom is 0.0714 e. The van der Waals surface area contributed by atoms with Crippen LogP contribution in [-0.4, -0.2) is 0 Å². The summed E-state index contributed by atoms with van der Waals surface area (Å²) >= 11 is 1.90. The molecule has 1 nitrogen and oxygen atoms in total.